The molecule has 0 aliphatic heterocycles. The summed E-state index contributed by atoms with van der Waals surface area (Å²) in [4.78, 5) is 12.4. The lowest BCUT2D eigenvalue weighted by Crippen LogP contribution is -2.12. The molecule has 2 aromatic heterocycles. The van der Waals surface area contributed by atoms with Gasteiger partial charge in [-0.3, -0.25) is 5.10 Å². The molecule has 2 N–H and O–H groups in total. The van der Waals surface area contributed by atoms with Crippen molar-refractivity contribution >= 4 is 5.82 Å². The fourth-order valence-corrected chi connectivity index (χ4v) is 1.56. The van der Waals surface area contributed by atoms with Crippen LogP contribution in [-0.4, -0.2) is 31.8 Å². The highest BCUT2D eigenvalue weighted by molar-refractivity contribution is 5.48. The molecule has 7 nitrogen and oxygen atoms in total. The second-order valence-corrected chi connectivity index (χ2v) is 3.82. The Balaban J connectivity index is 2.16. The van der Waals surface area contributed by atoms with E-state index in [1.165, 1.54) is 12.7 Å². The van der Waals surface area contributed by atoms with E-state index in [-0.39, 0.29) is 6.04 Å². The van der Waals surface area contributed by atoms with Crippen molar-refractivity contribution < 1.29 is 4.74 Å². The van der Waals surface area contributed by atoms with Gasteiger partial charge in [0.1, 0.15) is 24.3 Å². The van der Waals surface area contributed by atoms with E-state index in [0.29, 0.717) is 12.5 Å². The van der Waals surface area contributed by atoms with Crippen molar-refractivity contribution in [3.05, 3.63) is 24.0 Å². The third-order valence-corrected chi connectivity index (χ3v) is 2.52. The van der Waals surface area contributed by atoms with Crippen molar-refractivity contribution in [1.29, 1.82) is 0 Å². The van der Waals surface area contributed by atoms with Gasteiger partial charge in [-0.15, -0.1) is 0 Å². The van der Waals surface area contributed by atoms with Crippen LogP contribution in [0.25, 0.3) is 0 Å². The molecule has 1 atom stereocenters. The molecule has 0 bridgehead atoms. The zero-order valence-corrected chi connectivity index (χ0v) is 10.6. The summed E-state index contributed by atoms with van der Waals surface area (Å²) in [6.07, 6.45) is 2.96. The Morgan fingerprint density at radius 2 is 2.17 bits per heavy atom. The summed E-state index contributed by atoms with van der Waals surface area (Å²) < 4.78 is 5.42. The Kier molecular flexibility index (Phi) is 3.71. The molecule has 0 saturated heterocycles. The number of anilines is 1. The van der Waals surface area contributed by atoms with Crippen LogP contribution in [0.4, 0.5) is 5.82 Å². The Morgan fingerprint density at radius 1 is 1.33 bits per heavy atom. The monoisotopic (exact) mass is 248 g/mol. The number of hydrogen-bond donors (Lipinski definition) is 2. The van der Waals surface area contributed by atoms with E-state index in [2.05, 4.69) is 30.5 Å². The zero-order valence-electron chi connectivity index (χ0n) is 10.6. The van der Waals surface area contributed by atoms with E-state index in [1.807, 2.05) is 20.8 Å². The van der Waals surface area contributed by atoms with Gasteiger partial charge < -0.3 is 10.1 Å². The van der Waals surface area contributed by atoms with E-state index in [1.54, 1.807) is 0 Å². The predicted octanol–water partition coefficient (Wildman–Crippen LogP) is 1.47. The molecule has 0 saturated carbocycles. The maximum Gasteiger partial charge on any atom is 0.221 e. The van der Waals surface area contributed by atoms with E-state index < -0.39 is 0 Å². The molecule has 0 aromatic carbocycles. The van der Waals surface area contributed by atoms with Gasteiger partial charge in [0.15, 0.2) is 0 Å². The van der Waals surface area contributed by atoms with Crippen LogP contribution >= 0.6 is 0 Å². The molecule has 0 aliphatic carbocycles. The molecule has 0 spiro atoms. The maximum absolute atomic E-state index is 5.42. The molecular weight excluding hydrogens is 232 g/mol. The van der Waals surface area contributed by atoms with Crippen molar-refractivity contribution in [1.82, 2.24) is 25.1 Å². The largest absolute Gasteiger partial charge is 0.478 e. The van der Waals surface area contributed by atoms with Gasteiger partial charge in [-0.2, -0.15) is 5.10 Å². The van der Waals surface area contributed by atoms with Crippen LogP contribution in [0.1, 0.15) is 31.3 Å². The van der Waals surface area contributed by atoms with Gasteiger partial charge in [0.2, 0.25) is 5.88 Å². The number of hydrogen-bond acceptors (Lipinski definition) is 6. The first kappa shape index (κ1) is 12.3. The maximum atomic E-state index is 5.42. The number of aromatic nitrogens is 5. The van der Waals surface area contributed by atoms with Crippen LogP contribution in [0.5, 0.6) is 5.88 Å². The minimum atomic E-state index is -0.0180. The molecule has 96 valence electrons. The second kappa shape index (κ2) is 5.44. The quantitative estimate of drug-likeness (QED) is 0.833. The highest BCUT2D eigenvalue weighted by Gasteiger charge is 2.13. The summed E-state index contributed by atoms with van der Waals surface area (Å²) in [5.74, 6) is 2.09. The van der Waals surface area contributed by atoms with Crippen LogP contribution in [0, 0.1) is 6.92 Å². The van der Waals surface area contributed by atoms with Crippen LogP contribution in [0.15, 0.2) is 12.7 Å². The number of ether oxygens (including phenoxy) is 1. The van der Waals surface area contributed by atoms with Crippen molar-refractivity contribution in [2.24, 2.45) is 0 Å². The molecule has 7 heteroatoms. The van der Waals surface area contributed by atoms with E-state index in [9.17, 15) is 0 Å². The van der Waals surface area contributed by atoms with Crippen molar-refractivity contribution in [3.8, 4) is 5.88 Å². The molecule has 0 amide bonds. The lowest BCUT2D eigenvalue weighted by atomic mass is 10.2. The first-order valence-corrected chi connectivity index (χ1v) is 5.78. The summed E-state index contributed by atoms with van der Waals surface area (Å²) in [6, 6.07) is -0.0180. The lowest BCUT2D eigenvalue weighted by Gasteiger charge is -2.15. The molecule has 0 fully saturated rings. The number of nitrogens with one attached hydrogen (secondary N) is 2. The summed E-state index contributed by atoms with van der Waals surface area (Å²) in [5.41, 5.74) is 0.880. The lowest BCUT2D eigenvalue weighted by molar-refractivity contribution is 0.324. The number of rotatable bonds is 5. The highest BCUT2D eigenvalue weighted by Crippen LogP contribution is 2.23. The second-order valence-electron chi connectivity index (χ2n) is 3.82. The topological polar surface area (TPSA) is 88.6 Å². The van der Waals surface area contributed by atoms with E-state index in [0.717, 1.165) is 17.2 Å². The third-order valence-electron chi connectivity index (χ3n) is 2.52. The van der Waals surface area contributed by atoms with Gasteiger partial charge in [-0.05, 0) is 20.8 Å². The van der Waals surface area contributed by atoms with Gasteiger partial charge >= 0.3 is 0 Å². The van der Waals surface area contributed by atoms with Crippen LogP contribution in [-0.2, 0) is 0 Å². The van der Waals surface area contributed by atoms with Crippen LogP contribution < -0.4 is 10.1 Å². The SMILES string of the molecule is CCOc1ncnc(NC(C)c2ncn[nH]2)c1C. The van der Waals surface area contributed by atoms with Gasteiger partial charge in [-0.25, -0.2) is 15.0 Å². The number of aromatic amines is 1. The first-order valence-electron chi connectivity index (χ1n) is 5.78. The average Bonchev–Trinajstić information content (AvgIpc) is 2.88. The standard InChI is InChI=1S/C11H16N6O/c1-4-18-11-7(2)9(12-5-14-11)16-8(3)10-13-6-15-17-10/h5-6,8H,4H2,1-3H3,(H,12,14,16)(H,13,15,17). The zero-order chi connectivity index (χ0) is 13.0. The van der Waals surface area contributed by atoms with Crippen molar-refractivity contribution in [3.63, 3.8) is 0 Å². The highest BCUT2D eigenvalue weighted by atomic mass is 16.5. The molecule has 18 heavy (non-hydrogen) atoms. The number of H-pyrrole nitrogens is 1. The minimum Gasteiger partial charge on any atom is -0.478 e. The van der Waals surface area contributed by atoms with Gasteiger partial charge in [-0.1, -0.05) is 0 Å². The molecule has 0 aliphatic rings. The Hall–Kier alpha value is -2.18. The van der Waals surface area contributed by atoms with Crippen LogP contribution in [0.3, 0.4) is 0 Å². The normalized spacial score (nSPS) is 12.2. The van der Waals surface area contributed by atoms with Crippen LogP contribution in [0.2, 0.25) is 0 Å². The van der Waals surface area contributed by atoms with Gasteiger partial charge in [0, 0.05) is 0 Å². The van der Waals surface area contributed by atoms with Gasteiger partial charge in [0.25, 0.3) is 0 Å². The minimum absolute atomic E-state index is 0.0180. The first-order chi connectivity index (χ1) is 8.72. The number of nitrogens with zero attached hydrogens (tertiary/aromatic N) is 4. The molecular formula is C11H16N6O. The Labute approximate surface area is 105 Å². The Bertz CT molecular complexity index is 498. The summed E-state index contributed by atoms with van der Waals surface area (Å²) in [6.45, 7) is 6.39. The molecule has 2 aromatic rings. The summed E-state index contributed by atoms with van der Waals surface area (Å²) in [5, 5.41) is 9.89. The molecule has 2 rings (SSSR count). The van der Waals surface area contributed by atoms with E-state index >= 15 is 0 Å². The van der Waals surface area contributed by atoms with E-state index in [4.69, 9.17) is 4.74 Å². The van der Waals surface area contributed by atoms with Gasteiger partial charge in [0.05, 0.1) is 18.2 Å². The summed E-state index contributed by atoms with van der Waals surface area (Å²) >= 11 is 0. The molecule has 1 unspecified atom stereocenters. The fraction of sp³-hybridized carbons (Fsp3) is 0.455. The third kappa shape index (κ3) is 2.55. The molecule has 0 radical (unpaired) electrons. The Morgan fingerprint density at radius 3 is 2.83 bits per heavy atom. The van der Waals surface area contributed by atoms with Crippen molar-refractivity contribution in [2.75, 3.05) is 11.9 Å². The smallest absolute Gasteiger partial charge is 0.221 e. The fourth-order valence-electron chi connectivity index (χ4n) is 1.56. The average molecular weight is 248 g/mol. The summed E-state index contributed by atoms with van der Waals surface area (Å²) in [7, 11) is 0. The van der Waals surface area contributed by atoms with Crippen molar-refractivity contribution in [2.45, 2.75) is 26.8 Å². The predicted molar refractivity (Wildman–Crippen MR) is 66.4 cm³/mol. The molecule has 2 heterocycles.